The summed E-state index contributed by atoms with van der Waals surface area (Å²) < 4.78 is 4.89. The molecule has 0 amide bonds. The molecular weight excluding hydrogens is 152 g/mol. The molecule has 0 aromatic rings. The molecule has 0 aromatic heterocycles. The number of ether oxygens (including phenoxy) is 1. The minimum absolute atomic E-state index is 0.388. The van der Waals surface area contributed by atoms with Crippen molar-refractivity contribution in [2.75, 3.05) is 0 Å². The lowest BCUT2D eigenvalue weighted by molar-refractivity contribution is -0.135. The third-order valence-corrected chi connectivity index (χ3v) is 1.22. The standard InChI is InChI=1S/C10H16O2/c1-7(2)6-9(5)12-10(11)8(3)4/h7H,3,5-6H2,1-2,4H3. The van der Waals surface area contributed by atoms with E-state index in [0.717, 1.165) is 0 Å². The molecule has 0 aliphatic heterocycles. The molecule has 0 atom stereocenters. The van der Waals surface area contributed by atoms with Crippen molar-refractivity contribution >= 4 is 5.97 Å². The first-order valence-corrected chi connectivity index (χ1v) is 3.99. The first kappa shape index (κ1) is 11.0. The molecule has 0 rings (SSSR count). The molecule has 2 heteroatoms. The van der Waals surface area contributed by atoms with E-state index in [1.165, 1.54) is 0 Å². The Labute approximate surface area is 73.9 Å². The number of allylic oxidation sites excluding steroid dienone is 1. The predicted octanol–water partition coefficient (Wildman–Crippen LogP) is 2.67. The second-order valence-corrected chi connectivity index (χ2v) is 3.31. The van der Waals surface area contributed by atoms with E-state index in [0.29, 0.717) is 23.7 Å². The summed E-state index contributed by atoms with van der Waals surface area (Å²) in [6.45, 7) is 12.8. The largest absolute Gasteiger partial charge is 0.428 e. The van der Waals surface area contributed by atoms with Gasteiger partial charge in [0, 0.05) is 12.0 Å². The highest BCUT2D eigenvalue weighted by Gasteiger charge is 2.06. The van der Waals surface area contributed by atoms with E-state index in [-0.39, 0.29) is 5.97 Å². The summed E-state index contributed by atoms with van der Waals surface area (Å²) in [5.41, 5.74) is 0.403. The van der Waals surface area contributed by atoms with Gasteiger partial charge in [-0.3, -0.25) is 0 Å². The number of carbonyl (C=O) groups is 1. The van der Waals surface area contributed by atoms with E-state index in [1.807, 2.05) is 13.8 Å². The zero-order chi connectivity index (χ0) is 9.72. The molecule has 0 bridgehead atoms. The number of hydrogen-bond acceptors (Lipinski definition) is 2. The lowest BCUT2D eigenvalue weighted by Crippen LogP contribution is -2.05. The topological polar surface area (TPSA) is 26.3 Å². The van der Waals surface area contributed by atoms with Gasteiger partial charge in [-0.15, -0.1) is 0 Å². The normalized spacial score (nSPS) is 9.67. The fourth-order valence-corrected chi connectivity index (χ4v) is 0.715. The zero-order valence-corrected chi connectivity index (χ0v) is 8.02. The number of esters is 1. The molecule has 68 valence electrons. The van der Waals surface area contributed by atoms with Crippen LogP contribution < -0.4 is 0 Å². The van der Waals surface area contributed by atoms with Crippen LogP contribution in [0.5, 0.6) is 0 Å². The molecule has 0 aliphatic rings. The SMILES string of the molecule is C=C(CC(C)C)OC(=O)C(=C)C. The van der Waals surface area contributed by atoms with Gasteiger partial charge in [0.15, 0.2) is 0 Å². The molecule has 0 N–H and O–H groups in total. The zero-order valence-electron chi connectivity index (χ0n) is 8.02. The fraction of sp³-hybridized carbons (Fsp3) is 0.500. The molecule has 0 heterocycles. The Bertz CT molecular complexity index is 202. The summed E-state index contributed by atoms with van der Waals surface area (Å²) in [5, 5.41) is 0. The third kappa shape index (κ3) is 4.72. The van der Waals surface area contributed by atoms with E-state index in [4.69, 9.17) is 4.74 Å². The van der Waals surface area contributed by atoms with Crippen LogP contribution in [0.4, 0.5) is 0 Å². The quantitative estimate of drug-likeness (QED) is 0.366. The minimum Gasteiger partial charge on any atom is -0.428 e. The van der Waals surface area contributed by atoms with Crippen molar-refractivity contribution in [3.8, 4) is 0 Å². The number of carbonyl (C=O) groups excluding carboxylic acids is 1. The average molecular weight is 168 g/mol. The van der Waals surface area contributed by atoms with Gasteiger partial charge in [-0.05, 0) is 12.8 Å². The summed E-state index contributed by atoms with van der Waals surface area (Å²) in [6, 6.07) is 0. The Hall–Kier alpha value is -1.05. The highest BCUT2D eigenvalue weighted by molar-refractivity contribution is 5.87. The summed E-state index contributed by atoms with van der Waals surface area (Å²) in [7, 11) is 0. The third-order valence-electron chi connectivity index (χ3n) is 1.22. The molecule has 12 heavy (non-hydrogen) atoms. The smallest absolute Gasteiger partial charge is 0.338 e. The molecule has 0 unspecified atom stereocenters. The maximum absolute atomic E-state index is 11.0. The molecular formula is C10H16O2. The van der Waals surface area contributed by atoms with Gasteiger partial charge < -0.3 is 4.74 Å². The van der Waals surface area contributed by atoms with Gasteiger partial charge in [0.05, 0.1) is 0 Å². The predicted molar refractivity (Wildman–Crippen MR) is 49.5 cm³/mol. The van der Waals surface area contributed by atoms with Crippen LogP contribution in [0.15, 0.2) is 24.5 Å². The van der Waals surface area contributed by atoms with Crippen LogP contribution in [-0.4, -0.2) is 5.97 Å². The van der Waals surface area contributed by atoms with E-state index < -0.39 is 0 Å². The minimum atomic E-state index is -0.388. The van der Waals surface area contributed by atoms with E-state index in [1.54, 1.807) is 6.92 Å². The fourth-order valence-electron chi connectivity index (χ4n) is 0.715. The van der Waals surface area contributed by atoms with Gasteiger partial charge in [-0.2, -0.15) is 0 Å². The second-order valence-electron chi connectivity index (χ2n) is 3.31. The Morgan fingerprint density at radius 1 is 1.42 bits per heavy atom. The van der Waals surface area contributed by atoms with E-state index in [2.05, 4.69) is 13.2 Å². The molecule has 0 saturated carbocycles. The van der Waals surface area contributed by atoms with Gasteiger partial charge in [0.1, 0.15) is 5.76 Å². The molecule has 0 aromatic carbocycles. The number of rotatable bonds is 4. The molecule has 0 saturated heterocycles. The van der Waals surface area contributed by atoms with Crippen LogP contribution in [0.1, 0.15) is 27.2 Å². The van der Waals surface area contributed by atoms with E-state index >= 15 is 0 Å². The maximum atomic E-state index is 11.0. The number of hydrogen-bond donors (Lipinski definition) is 0. The highest BCUT2D eigenvalue weighted by atomic mass is 16.5. The van der Waals surface area contributed by atoms with Gasteiger partial charge >= 0.3 is 5.97 Å². The Kier molecular flexibility index (Phi) is 4.34. The molecule has 2 nitrogen and oxygen atoms in total. The second kappa shape index (κ2) is 4.75. The van der Waals surface area contributed by atoms with Gasteiger partial charge in [0.25, 0.3) is 0 Å². The summed E-state index contributed by atoms with van der Waals surface area (Å²) in [6.07, 6.45) is 0.707. The van der Waals surface area contributed by atoms with Gasteiger partial charge in [-0.25, -0.2) is 4.79 Å². The van der Waals surface area contributed by atoms with Crippen molar-refractivity contribution < 1.29 is 9.53 Å². The Morgan fingerprint density at radius 3 is 2.25 bits per heavy atom. The van der Waals surface area contributed by atoms with Gasteiger partial charge in [0.2, 0.25) is 0 Å². The average Bonchev–Trinajstić information content (AvgIpc) is 1.84. The molecule has 0 radical (unpaired) electrons. The Morgan fingerprint density at radius 2 is 1.92 bits per heavy atom. The first-order valence-electron chi connectivity index (χ1n) is 3.99. The summed E-state index contributed by atoms with van der Waals surface area (Å²) in [4.78, 5) is 11.0. The van der Waals surface area contributed by atoms with Crippen LogP contribution in [-0.2, 0) is 9.53 Å². The van der Waals surface area contributed by atoms with Crippen molar-refractivity contribution in [3.05, 3.63) is 24.5 Å². The van der Waals surface area contributed by atoms with Crippen molar-refractivity contribution in [2.24, 2.45) is 5.92 Å². The maximum Gasteiger partial charge on any atom is 0.338 e. The van der Waals surface area contributed by atoms with Crippen LogP contribution in [0.2, 0.25) is 0 Å². The molecule has 0 aliphatic carbocycles. The Balaban J connectivity index is 3.85. The summed E-state index contributed by atoms with van der Waals surface area (Å²) in [5.74, 6) is 0.578. The van der Waals surface area contributed by atoms with Crippen molar-refractivity contribution in [1.82, 2.24) is 0 Å². The van der Waals surface area contributed by atoms with Crippen molar-refractivity contribution in [2.45, 2.75) is 27.2 Å². The van der Waals surface area contributed by atoms with Crippen LogP contribution in [0.25, 0.3) is 0 Å². The first-order chi connectivity index (χ1) is 5.43. The summed E-state index contributed by atoms with van der Waals surface area (Å²) >= 11 is 0. The van der Waals surface area contributed by atoms with Gasteiger partial charge in [-0.1, -0.05) is 27.0 Å². The molecule has 0 spiro atoms. The van der Waals surface area contributed by atoms with E-state index in [9.17, 15) is 4.79 Å². The van der Waals surface area contributed by atoms with Crippen LogP contribution >= 0.6 is 0 Å². The van der Waals surface area contributed by atoms with Crippen LogP contribution in [0, 0.1) is 5.92 Å². The monoisotopic (exact) mass is 168 g/mol. The lowest BCUT2D eigenvalue weighted by Gasteiger charge is -2.08. The highest BCUT2D eigenvalue weighted by Crippen LogP contribution is 2.11. The van der Waals surface area contributed by atoms with Crippen LogP contribution in [0.3, 0.4) is 0 Å². The molecule has 0 fully saturated rings. The lowest BCUT2D eigenvalue weighted by atomic mass is 10.1. The van der Waals surface area contributed by atoms with Crippen molar-refractivity contribution in [3.63, 3.8) is 0 Å². The van der Waals surface area contributed by atoms with Crippen molar-refractivity contribution in [1.29, 1.82) is 0 Å².